The van der Waals surface area contributed by atoms with E-state index in [1.54, 1.807) is 0 Å². The van der Waals surface area contributed by atoms with E-state index in [0.29, 0.717) is 0 Å². The summed E-state index contributed by atoms with van der Waals surface area (Å²) in [6, 6.07) is 3.42. The highest BCUT2D eigenvalue weighted by Gasteiger charge is 2.32. The van der Waals surface area contributed by atoms with Gasteiger partial charge in [0, 0.05) is 13.1 Å². The van der Waals surface area contributed by atoms with Gasteiger partial charge in [-0.25, -0.2) is 12.8 Å². The Morgan fingerprint density at radius 2 is 1.89 bits per heavy atom. The third kappa shape index (κ3) is 3.08. The first-order valence-corrected chi connectivity index (χ1v) is 7.73. The van der Waals surface area contributed by atoms with Crippen molar-refractivity contribution in [3.63, 3.8) is 0 Å². The number of sulfonamides is 1. The van der Waals surface area contributed by atoms with Crippen molar-refractivity contribution in [1.29, 1.82) is 0 Å². The van der Waals surface area contributed by atoms with Crippen LogP contribution in [0, 0.1) is 5.82 Å². The van der Waals surface area contributed by atoms with E-state index in [4.69, 9.17) is 16.3 Å². The molecule has 106 valence electrons. The van der Waals surface area contributed by atoms with Crippen LogP contribution in [-0.4, -0.2) is 38.0 Å². The summed E-state index contributed by atoms with van der Waals surface area (Å²) in [6.07, 6.45) is -0.344. The summed E-state index contributed by atoms with van der Waals surface area (Å²) in [5.74, 6) is -0.635. The lowest BCUT2D eigenvalue weighted by Gasteiger charge is -2.34. The Balaban J connectivity index is 2.33. The van der Waals surface area contributed by atoms with Gasteiger partial charge in [-0.2, -0.15) is 4.31 Å². The molecule has 0 unspecified atom stereocenters. The van der Waals surface area contributed by atoms with E-state index < -0.39 is 15.8 Å². The van der Waals surface area contributed by atoms with Crippen LogP contribution in [0.25, 0.3) is 0 Å². The molecule has 1 aliphatic heterocycles. The Labute approximate surface area is 117 Å². The quantitative estimate of drug-likeness (QED) is 0.842. The van der Waals surface area contributed by atoms with Crippen LogP contribution in [0.4, 0.5) is 4.39 Å². The van der Waals surface area contributed by atoms with Gasteiger partial charge < -0.3 is 4.74 Å². The summed E-state index contributed by atoms with van der Waals surface area (Å²) in [4.78, 5) is 0.000185. The third-order valence-corrected chi connectivity index (χ3v) is 5.03. The predicted molar refractivity (Wildman–Crippen MR) is 70.2 cm³/mol. The summed E-state index contributed by atoms with van der Waals surface area (Å²) < 4.78 is 44.8. The number of morpholine rings is 1. The zero-order chi connectivity index (χ0) is 14.2. The highest BCUT2D eigenvalue weighted by molar-refractivity contribution is 7.89. The van der Waals surface area contributed by atoms with E-state index in [-0.39, 0.29) is 35.2 Å². The molecule has 1 heterocycles. The lowest BCUT2D eigenvalue weighted by atomic mass is 10.3. The van der Waals surface area contributed by atoms with E-state index in [1.165, 1.54) is 10.4 Å². The smallest absolute Gasteiger partial charge is 0.243 e. The summed E-state index contributed by atoms with van der Waals surface area (Å²) >= 11 is 5.63. The number of halogens is 2. The first kappa shape index (κ1) is 14.7. The van der Waals surface area contributed by atoms with Crippen LogP contribution in [0.1, 0.15) is 13.8 Å². The van der Waals surface area contributed by atoms with Crippen LogP contribution in [0.3, 0.4) is 0 Å². The van der Waals surface area contributed by atoms with Gasteiger partial charge in [-0.1, -0.05) is 11.6 Å². The predicted octanol–water partition coefficient (Wildman–Crippen LogP) is 2.28. The molecule has 0 bridgehead atoms. The fraction of sp³-hybridized carbons (Fsp3) is 0.500. The molecule has 1 aromatic carbocycles. The number of ether oxygens (including phenoxy) is 1. The van der Waals surface area contributed by atoms with E-state index in [0.717, 1.165) is 12.1 Å². The molecule has 1 saturated heterocycles. The summed E-state index contributed by atoms with van der Waals surface area (Å²) in [6.45, 7) is 4.19. The van der Waals surface area contributed by atoms with Crippen molar-refractivity contribution in [2.24, 2.45) is 0 Å². The van der Waals surface area contributed by atoms with E-state index in [9.17, 15) is 12.8 Å². The average Bonchev–Trinajstić information content (AvgIpc) is 2.31. The lowest BCUT2D eigenvalue weighted by molar-refractivity contribution is -0.0440. The highest BCUT2D eigenvalue weighted by atomic mass is 35.5. The van der Waals surface area contributed by atoms with Gasteiger partial charge >= 0.3 is 0 Å². The van der Waals surface area contributed by atoms with Crippen molar-refractivity contribution < 1.29 is 17.5 Å². The van der Waals surface area contributed by atoms with Gasteiger partial charge in [0.1, 0.15) is 5.82 Å². The van der Waals surface area contributed by atoms with Crippen LogP contribution < -0.4 is 0 Å². The molecular formula is C12H15ClFNO3S. The fourth-order valence-corrected chi connectivity index (χ4v) is 3.98. The second kappa shape index (κ2) is 5.36. The molecule has 4 nitrogen and oxygen atoms in total. The molecule has 2 atom stereocenters. The minimum absolute atomic E-state index is 0.000185. The van der Waals surface area contributed by atoms with Crippen molar-refractivity contribution in [3.05, 3.63) is 29.0 Å². The number of hydrogen-bond donors (Lipinski definition) is 0. The molecule has 0 N–H and O–H groups in total. The standard InChI is InChI=1S/C12H15ClFNO3S/c1-8-6-15(7-9(2)18-8)19(16,17)10-3-4-12(14)11(13)5-10/h3-5,8-9H,6-7H2,1-2H3/t8-,9-/m1/s1. The SMILES string of the molecule is C[C@@H]1CN(S(=O)(=O)c2ccc(F)c(Cl)c2)C[C@@H](C)O1. The monoisotopic (exact) mass is 307 g/mol. The lowest BCUT2D eigenvalue weighted by Crippen LogP contribution is -2.48. The maximum Gasteiger partial charge on any atom is 0.243 e. The van der Waals surface area contributed by atoms with Crippen LogP contribution >= 0.6 is 11.6 Å². The van der Waals surface area contributed by atoms with Crippen LogP contribution in [0.2, 0.25) is 5.02 Å². The summed E-state index contributed by atoms with van der Waals surface area (Å²) in [7, 11) is -3.66. The van der Waals surface area contributed by atoms with Crippen molar-refractivity contribution >= 4 is 21.6 Å². The normalized spacial score (nSPS) is 25.5. The highest BCUT2D eigenvalue weighted by Crippen LogP contribution is 2.24. The van der Waals surface area contributed by atoms with Crippen molar-refractivity contribution in [2.75, 3.05) is 13.1 Å². The Kier molecular flexibility index (Phi) is 4.15. The van der Waals surface area contributed by atoms with Crippen molar-refractivity contribution in [1.82, 2.24) is 4.31 Å². The minimum Gasteiger partial charge on any atom is -0.373 e. The molecule has 0 radical (unpaired) electrons. The summed E-state index contributed by atoms with van der Waals surface area (Å²) in [5.41, 5.74) is 0. The van der Waals surface area contributed by atoms with Crippen LogP contribution in [-0.2, 0) is 14.8 Å². The number of hydrogen-bond acceptors (Lipinski definition) is 3. The third-order valence-electron chi connectivity index (χ3n) is 2.91. The summed E-state index contributed by atoms with van der Waals surface area (Å²) in [5, 5.41) is -0.199. The van der Waals surface area contributed by atoms with Gasteiger partial charge in [0.2, 0.25) is 10.0 Å². The molecule has 7 heteroatoms. The molecule has 0 aliphatic carbocycles. The van der Waals surface area contributed by atoms with Crippen molar-refractivity contribution in [3.8, 4) is 0 Å². The van der Waals surface area contributed by atoms with Gasteiger partial charge in [0.05, 0.1) is 22.1 Å². The first-order valence-electron chi connectivity index (χ1n) is 5.91. The number of rotatable bonds is 2. The molecule has 1 aromatic rings. The van der Waals surface area contributed by atoms with Gasteiger partial charge in [0.15, 0.2) is 0 Å². The second-order valence-corrected chi connectivity index (χ2v) is 7.00. The van der Waals surface area contributed by atoms with Crippen LogP contribution in [0.5, 0.6) is 0 Å². The zero-order valence-electron chi connectivity index (χ0n) is 10.6. The topological polar surface area (TPSA) is 46.6 Å². The largest absolute Gasteiger partial charge is 0.373 e. The molecule has 0 amide bonds. The molecule has 1 fully saturated rings. The first-order chi connectivity index (χ1) is 8.80. The Hall–Kier alpha value is -0.690. The Morgan fingerprint density at radius 1 is 1.32 bits per heavy atom. The molecule has 2 rings (SSSR count). The zero-order valence-corrected chi connectivity index (χ0v) is 12.2. The van der Waals surface area contributed by atoms with E-state index in [1.807, 2.05) is 13.8 Å². The van der Waals surface area contributed by atoms with Crippen molar-refractivity contribution in [2.45, 2.75) is 31.0 Å². The molecule has 0 spiro atoms. The molecular weight excluding hydrogens is 293 g/mol. The van der Waals surface area contributed by atoms with Gasteiger partial charge in [0.25, 0.3) is 0 Å². The minimum atomic E-state index is -3.66. The van der Waals surface area contributed by atoms with Gasteiger partial charge in [-0.15, -0.1) is 0 Å². The average molecular weight is 308 g/mol. The molecule has 1 aliphatic rings. The number of benzene rings is 1. The maximum atomic E-state index is 13.1. The second-order valence-electron chi connectivity index (χ2n) is 4.66. The van der Waals surface area contributed by atoms with E-state index >= 15 is 0 Å². The number of nitrogens with zero attached hydrogens (tertiary/aromatic N) is 1. The van der Waals surface area contributed by atoms with Gasteiger partial charge in [-0.3, -0.25) is 0 Å². The maximum absolute atomic E-state index is 13.1. The van der Waals surface area contributed by atoms with Crippen LogP contribution in [0.15, 0.2) is 23.1 Å². The van der Waals surface area contributed by atoms with E-state index in [2.05, 4.69) is 0 Å². The fourth-order valence-electron chi connectivity index (χ4n) is 2.11. The molecule has 0 aromatic heterocycles. The molecule has 19 heavy (non-hydrogen) atoms. The Morgan fingerprint density at radius 3 is 2.42 bits per heavy atom. The van der Waals surface area contributed by atoms with Gasteiger partial charge in [-0.05, 0) is 32.0 Å². The Bertz CT molecular complexity index is 568. The molecule has 0 saturated carbocycles.